The van der Waals surface area contributed by atoms with E-state index in [-0.39, 0.29) is 10.8 Å². The smallest absolute Gasteiger partial charge is 0.170 e. The molecule has 2 aliphatic rings. The molecule has 1 aromatic carbocycles. The third-order valence-electron chi connectivity index (χ3n) is 3.96. The molecule has 0 aromatic heterocycles. The largest absolute Gasteiger partial charge is 0.506 e. The number of aromatic hydroxyl groups is 1. The fourth-order valence-electron chi connectivity index (χ4n) is 2.98. The molecule has 19 heavy (non-hydrogen) atoms. The number of fused-ring (bicyclic) bond motifs is 1. The molecule has 0 unspecified atom stereocenters. The van der Waals surface area contributed by atoms with Gasteiger partial charge in [0.15, 0.2) is 11.5 Å². The van der Waals surface area contributed by atoms with Crippen molar-refractivity contribution in [2.24, 2.45) is 5.73 Å². The summed E-state index contributed by atoms with van der Waals surface area (Å²) in [6, 6.07) is 1.61. The number of phenolic OH excluding ortho intramolecular Hbond substituents is 1. The number of nitrogens with two attached hydrogens (primary N) is 1. The van der Waals surface area contributed by atoms with Crippen molar-refractivity contribution >= 4 is 11.6 Å². The summed E-state index contributed by atoms with van der Waals surface area (Å²) < 4.78 is 11.4. The Morgan fingerprint density at radius 1 is 1.16 bits per heavy atom. The Morgan fingerprint density at radius 2 is 1.84 bits per heavy atom. The van der Waals surface area contributed by atoms with E-state index >= 15 is 0 Å². The molecule has 0 amide bonds. The molecule has 104 valence electrons. The summed E-state index contributed by atoms with van der Waals surface area (Å²) in [5, 5.41) is 10.6. The molecule has 0 atom stereocenters. The van der Waals surface area contributed by atoms with Crippen LogP contribution < -0.4 is 15.2 Å². The van der Waals surface area contributed by atoms with Gasteiger partial charge in [0.2, 0.25) is 0 Å². The van der Waals surface area contributed by atoms with E-state index < -0.39 is 5.54 Å². The van der Waals surface area contributed by atoms with Crippen LogP contribution in [0.25, 0.3) is 0 Å². The average Bonchev–Trinajstić information content (AvgIpc) is 2.68. The molecule has 1 fully saturated rings. The van der Waals surface area contributed by atoms with Gasteiger partial charge in [-0.3, -0.25) is 0 Å². The fourth-order valence-corrected chi connectivity index (χ4v) is 3.18. The number of phenols is 1. The Balaban J connectivity index is 2.18. The molecule has 4 nitrogen and oxygen atoms in total. The first-order valence-corrected chi connectivity index (χ1v) is 7.10. The molecule has 0 spiro atoms. The Kier molecular flexibility index (Phi) is 3.23. The topological polar surface area (TPSA) is 64.7 Å². The van der Waals surface area contributed by atoms with Crippen molar-refractivity contribution < 1.29 is 14.6 Å². The maximum absolute atomic E-state index is 10.3. The maximum Gasteiger partial charge on any atom is 0.170 e. The lowest BCUT2D eigenvalue weighted by molar-refractivity contribution is 0.291. The Labute approximate surface area is 117 Å². The van der Waals surface area contributed by atoms with Gasteiger partial charge in [0, 0.05) is 18.0 Å². The van der Waals surface area contributed by atoms with Crippen LogP contribution in [-0.4, -0.2) is 18.3 Å². The van der Waals surface area contributed by atoms with Crippen molar-refractivity contribution in [1.82, 2.24) is 0 Å². The van der Waals surface area contributed by atoms with Gasteiger partial charge in [-0.25, -0.2) is 0 Å². The van der Waals surface area contributed by atoms with Crippen molar-refractivity contribution in [1.29, 1.82) is 0 Å². The van der Waals surface area contributed by atoms with Crippen LogP contribution in [0.3, 0.4) is 0 Å². The summed E-state index contributed by atoms with van der Waals surface area (Å²) in [7, 11) is 0. The summed E-state index contributed by atoms with van der Waals surface area (Å²) in [5.41, 5.74) is 6.53. The Bertz CT molecular complexity index is 498. The lowest BCUT2D eigenvalue weighted by Gasteiger charge is -2.28. The van der Waals surface area contributed by atoms with Gasteiger partial charge < -0.3 is 20.3 Å². The standard InChI is InChI=1S/C14H18ClNO3/c15-9-8-10-13(19-7-3-6-18-10)11(12(9)17)14(16)4-1-2-5-14/h8,17H,1-7,16H2. The molecule has 1 aliphatic heterocycles. The summed E-state index contributed by atoms with van der Waals surface area (Å²) in [6.07, 6.45) is 4.58. The van der Waals surface area contributed by atoms with E-state index in [2.05, 4.69) is 0 Å². The number of halogens is 1. The highest BCUT2D eigenvalue weighted by Crippen LogP contribution is 2.51. The van der Waals surface area contributed by atoms with Gasteiger partial charge in [0.05, 0.1) is 23.8 Å². The molecule has 5 heteroatoms. The third-order valence-corrected chi connectivity index (χ3v) is 4.25. The lowest BCUT2D eigenvalue weighted by atomic mass is 9.87. The van der Waals surface area contributed by atoms with E-state index in [0.717, 1.165) is 32.1 Å². The fraction of sp³-hybridized carbons (Fsp3) is 0.571. The zero-order valence-electron chi connectivity index (χ0n) is 10.7. The van der Waals surface area contributed by atoms with Crippen molar-refractivity contribution in [3.63, 3.8) is 0 Å². The molecule has 3 N–H and O–H groups in total. The van der Waals surface area contributed by atoms with Crippen LogP contribution in [-0.2, 0) is 5.54 Å². The van der Waals surface area contributed by atoms with E-state index in [1.807, 2.05) is 0 Å². The van der Waals surface area contributed by atoms with Crippen LogP contribution in [0.1, 0.15) is 37.7 Å². The molecule has 1 heterocycles. The second-order valence-corrected chi connectivity index (χ2v) is 5.73. The maximum atomic E-state index is 10.3. The number of rotatable bonds is 1. The first kappa shape index (κ1) is 12.9. The molecule has 1 aromatic rings. The van der Waals surface area contributed by atoms with E-state index in [1.165, 1.54) is 0 Å². The minimum atomic E-state index is -0.563. The van der Waals surface area contributed by atoms with Crippen LogP contribution in [0, 0.1) is 0 Å². The first-order valence-electron chi connectivity index (χ1n) is 6.72. The van der Waals surface area contributed by atoms with E-state index in [4.69, 9.17) is 26.8 Å². The molecule has 0 saturated heterocycles. The Hall–Kier alpha value is -1.13. The number of ether oxygens (including phenoxy) is 2. The summed E-state index contributed by atoms with van der Waals surface area (Å²) in [6.45, 7) is 1.16. The molecule has 0 radical (unpaired) electrons. The predicted octanol–water partition coefficient (Wildman–Crippen LogP) is 2.93. The third kappa shape index (κ3) is 2.13. The molecule has 1 aliphatic carbocycles. The van der Waals surface area contributed by atoms with Gasteiger partial charge in [-0.2, -0.15) is 0 Å². The van der Waals surface area contributed by atoms with Gasteiger partial charge in [-0.05, 0) is 12.8 Å². The monoisotopic (exact) mass is 283 g/mol. The summed E-state index contributed by atoms with van der Waals surface area (Å²) in [4.78, 5) is 0. The number of hydrogen-bond donors (Lipinski definition) is 2. The van der Waals surface area contributed by atoms with Gasteiger partial charge >= 0.3 is 0 Å². The van der Waals surface area contributed by atoms with Gasteiger partial charge in [-0.1, -0.05) is 24.4 Å². The van der Waals surface area contributed by atoms with Gasteiger partial charge in [0.25, 0.3) is 0 Å². The molecule has 3 rings (SSSR count). The van der Waals surface area contributed by atoms with Crippen LogP contribution in [0.4, 0.5) is 0 Å². The SMILES string of the molecule is NC1(c2c(O)c(Cl)cc3c2OCCCO3)CCCC1. The summed E-state index contributed by atoms with van der Waals surface area (Å²) in [5.74, 6) is 1.20. The van der Waals surface area contributed by atoms with Crippen LogP contribution >= 0.6 is 11.6 Å². The quantitative estimate of drug-likeness (QED) is 0.832. The van der Waals surface area contributed by atoms with Crippen LogP contribution in [0.2, 0.25) is 5.02 Å². The van der Waals surface area contributed by atoms with Crippen molar-refractivity contribution in [3.8, 4) is 17.2 Å². The molecular formula is C14H18ClNO3. The van der Waals surface area contributed by atoms with Crippen LogP contribution in [0.5, 0.6) is 17.2 Å². The predicted molar refractivity (Wildman–Crippen MR) is 73.1 cm³/mol. The number of hydrogen-bond acceptors (Lipinski definition) is 4. The van der Waals surface area contributed by atoms with Crippen LogP contribution in [0.15, 0.2) is 6.07 Å². The normalized spacial score (nSPS) is 21.2. The van der Waals surface area contributed by atoms with E-state index in [0.29, 0.717) is 30.3 Å². The zero-order chi connectivity index (χ0) is 13.5. The van der Waals surface area contributed by atoms with Crippen molar-refractivity contribution in [2.75, 3.05) is 13.2 Å². The highest BCUT2D eigenvalue weighted by molar-refractivity contribution is 6.32. The van der Waals surface area contributed by atoms with E-state index in [9.17, 15) is 5.11 Å². The highest BCUT2D eigenvalue weighted by Gasteiger charge is 2.39. The first-order chi connectivity index (χ1) is 9.12. The zero-order valence-corrected chi connectivity index (χ0v) is 11.5. The second kappa shape index (κ2) is 4.76. The number of benzene rings is 1. The molecule has 1 saturated carbocycles. The van der Waals surface area contributed by atoms with Crippen molar-refractivity contribution in [3.05, 3.63) is 16.7 Å². The highest BCUT2D eigenvalue weighted by atomic mass is 35.5. The van der Waals surface area contributed by atoms with Gasteiger partial charge in [0.1, 0.15) is 5.75 Å². The summed E-state index contributed by atoms with van der Waals surface area (Å²) >= 11 is 6.10. The van der Waals surface area contributed by atoms with Crippen molar-refractivity contribution in [2.45, 2.75) is 37.6 Å². The minimum absolute atomic E-state index is 0.0373. The van der Waals surface area contributed by atoms with Gasteiger partial charge in [-0.15, -0.1) is 0 Å². The minimum Gasteiger partial charge on any atom is -0.506 e. The Morgan fingerprint density at radius 3 is 2.58 bits per heavy atom. The molecule has 0 bridgehead atoms. The molecular weight excluding hydrogens is 266 g/mol. The van der Waals surface area contributed by atoms with E-state index in [1.54, 1.807) is 6.07 Å². The second-order valence-electron chi connectivity index (χ2n) is 5.32. The average molecular weight is 284 g/mol. The lowest BCUT2D eigenvalue weighted by Crippen LogP contribution is -2.33.